The van der Waals surface area contributed by atoms with Gasteiger partial charge in [-0.1, -0.05) is 15.9 Å². The van der Waals surface area contributed by atoms with Gasteiger partial charge in [0.2, 0.25) is 5.91 Å². The van der Waals surface area contributed by atoms with Crippen molar-refractivity contribution in [2.24, 2.45) is 0 Å². The summed E-state index contributed by atoms with van der Waals surface area (Å²) in [5.41, 5.74) is 0.792. The Kier molecular flexibility index (Phi) is 5.95. The number of carbonyl (C=O) groups is 1. The molecule has 0 radical (unpaired) electrons. The summed E-state index contributed by atoms with van der Waals surface area (Å²) < 4.78 is 2.61. The van der Waals surface area contributed by atoms with E-state index in [4.69, 9.17) is 5.26 Å². The van der Waals surface area contributed by atoms with Crippen molar-refractivity contribution in [2.45, 2.75) is 0 Å². The van der Waals surface area contributed by atoms with Crippen molar-refractivity contribution in [3.05, 3.63) is 25.6 Å². The van der Waals surface area contributed by atoms with Gasteiger partial charge in [-0.05, 0) is 44.0 Å². The number of halogens is 3. The molecule has 17 heavy (non-hydrogen) atoms. The fourth-order valence-electron chi connectivity index (χ4n) is 1.08. The molecule has 0 spiro atoms. The molecule has 0 aliphatic carbocycles. The van der Waals surface area contributed by atoms with Crippen molar-refractivity contribution < 1.29 is 4.79 Å². The van der Waals surface area contributed by atoms with Gasteiger partial charge in [0.25, 0.3) is 0 Å². The summed E-state index contributed by atoms with van der Waals surface area (Å²) in [5, 5.41) is 13.7. The fraction of sp³-hybridized carbons (Fsp3) is 0.200. The molecule has 1 amide bonds. The summed E-state index contributed by atoms with van der Waals surface area (Å²) in [4.78, 5) is 11.3. The molecule has 0 aromatic heterocycles. The van der Waals surface area contributed by atoms with Crippen LogP contribution in [0.1, 0.15) is 0 Å². The van der Waals surface area contributed by atoms with Crippen LogP contribution in [0.15, 0.2) is 25.6 Å². The van der Waals surface area contributed by atoms with Crippen molar-refractivity contribution in [3.8, 4) is 6.07 Å². The van der Waals surface area contributed by atoms with Crippen molar-refractivity contribution in [1.82, 2.24) is 5.32 Å². The van der Waals surface area contributed by atoms with E-state index in [0.29, 0.717) is 0 Å². The quantitative estimate of drug-likeness (QED) is 0.729. The van der Waals surface area contributed by atoms with Crippen molar-refractivity contribution in [3.63, 3.8) is 0 Å². The van der Waals surface area contributed by atoms with Crippen LogP contribution in [0.3, 0.4) is 0 Å². The maximum Gasteiger partial charge on any atom is 0.240 e. The average molecular weight is 426 g/mol. The smallest absolute Gasteiger partial charge is 0.240 e. The number of hydrogen-bond donors (Lipinski definition) is 2. The van der Waals surface area contributed by atoms with Gasteiger partial charge in [0.15, 0.2) is 0 Å². The van der Waals surface area contributed by atoms with E-state index in [0.717, 1.165) is 19.1 Å². The minimum absolute atomic E-state index is 0.0171. The van der Waals surface area contributed by atoms with E-state index in [2.05, 4.69) is 58.4 Å². The Morgan fingerprint density at radius 3 is 2.41 bits per heavy atom. The molecular weight excluding hydrogens is 418 g/mol. The highest BCUT2D eigenvalue weighted by molar-refractivity contribution is 9.11. The Bertz CT molecular complexity index is 447. The van der Waals surface area contributed by atoms with Crippen LogP contribution in [0.2, 0.25) is 0 Å². The predicted octanol–water partition coefficient (Wildman–Crippen LogP) is 3.03. The summed E-state index contributed by atoms with van der Waals surface area (Å²) in [6, 6.07) is 5.59. The molecule has 7 heteroatoms. The number of amides is 1. The highest BCUT2D eigenvalue weighted by Crippen LogP contribution is 2.34. The second kappa shape index (κ2) is 6.99. The second-order valence-electron chi connectivity index (χ2n) is 3.03. The van der Waals surface area contributed by atoms with Gasteiger partial charge in [-0.2, -0.15) is 5.26 Å². The highest BCUT2D eigenvalue weighted by Gasteiger charge is 2.08. The molecule has 1 aromatic carbocycles. The largest absolute Gasteiger partial charge is 0.374 e. The molecule has 0 saturated carbocycles. The Morgan fingerprint density at radius 1 is 1.29 bits per heavy atom. The molecule has 4 nitrogen and oxygen atoms in total. The lowest BCUT2D eigenvalue weighted by Crippen LogP contribution is -2.30. The molecule has 0 bridgehead atoms. The van der Waals surface area contributed by atoms with Crippen LogP contribution in [0.5, 0.6) is 0 Å². The molecule has 1 aromatic rings. The second-order valence-corrected chi connectivity index (χ2v) is 5.66. The third-order valence-electron chi connectivity index (χ3n) is 1.80. The van der Waals surface area contributed by atoms with Gasteiger partial charge in [0, 0.05) is 13.4 Å². The topological polar surface area (TPSA) is 64.9 Å². The standard InChI is InChI=1S/C10H8Br3N3O/c11-6-3-7(12)10(8(13)4-6)16-5-9(17)15-2-1-14/h3-4,16H,2,5H2,(H,15,17). The van der Waals surface area contributed by atoms with E-state index in [1.165, 1.54) is 0 Å². The van der Waals surface area contributed by atoms with Gasteiger partial charge in [0.05, 0.1) is 18.3 Å². The van der Waals surface area contributed by atoms with Crippen LogP contribution < -0.4 is 10.6 Å². The van der Waals surface area contributed by atoms with Crippen LogP contribution in [-0.2, 0) is 4.79 Å². The summed E-state index contributed by atoms with van der Waals surface area (Å²) in [7, 11) is 0. The van der Waals surface area contributed by atoms with Gasteiger partial charge >= 0.3 is 0 Å². The van der Waals surface area contributed by atoms with Crippen LogP contribution in [-0.4, -0.2) is 19.0 Å². The van der Waals surface area contributed by atoms with E-state index in [9.17, 15) is 4.79 Å². The zero-order valence-electron chi connectivity index (χ0n) is 8.56. The molecule has 1 rings (SSSR count). The number of rotatable bonds is 4. The normalized spacial score (nSPS) is 9.53. The summed E-state index contributed by atoms with van der Waals surface area (Å²) in [5.74, 6) is -0.228. The number of hydrogen-bond acceptors (Lipinski definition) is 3. The number of nitrogens with one attached hydrogen (secondary N) is 2. The summed E-state index contributed by atoms with van der Waals surface area (Å²) >= 11 is 10.1. The van der Waals surface area contributed by atoms with Crippen molar-refractivity contribution in [1.29, 1.82) is 5.26 Å². The van der Waals surface area contributed by atoms with E-state index in [-0.39, 0.29) is 19.0 Å². The monoisotopic (exact) mass is 423 g/mol. The highest BCUT2D eigenvalue weighted by atomic mass is 79.9. The van der Waals surface area contributed by atoms with Crippen LogP contribution in [0, 0.1) is 11.3 Å². The number of anilines is 1. The Morgan fingerprint density at radius 2 is 1.88 bits per heavy atom. The number of nitriles is 1. The minimum Gasteiger partial charge on any atom is -0.374 e. The Balaban J connectivity index is 2.64. The minimum atomic E-state index is -0.228. The fourth-order valence-corrected chi connectivity index (χ4v) is 3.62. The van der Waals surface area contributed by atoms with Crippen LogP contribution in [0.4, 0.5) is 5.69 Å². The van der Waals surface area contributed by atoms with E-state index >= 15 is 0 Å². The number of nitrogens with zero attached hydrogens (tertiary/aromatic N) is 1. The molecule has 0 unspecified atom stereocenters. The average Bonchev–Trinajstić information content (AvgIpc) is 2.24. The lowest BCUT2D eigenvalue weighted by molar-refractivity contribution is -0.119. The van der Waals surface area contributed by atoms with Gasteiger partial charge in [0.1, 0.15) is 6.54 Å². The molecule has 0 saturated heterocycles. The Labute approximate surface area is 124 Å². The third kappa shape index (κ3) is 4.66. The van der Waals surface area contributed by atoms with Crippen LogP contribution in [0.25, 0.3) is 0 Å². The molecule has 0 heterocycles. The first kappa shape index (κ1) is 14.5. The summed E-state index contributed by atoms with van der Waals surface area (Å²) in [6.07, 6.45) is 0. The maximum absolute atomic E-state index is 11.3. The molecule has 0 aliphatic heterocycles. The van der Waals surface area contributed by atoms with E-state index in [1.54, 1.807) is 0 Å². The first-order chi connectivity index (χ1) is 8.04. The zero-order chi connectivity index (χ0) is 12.8. The first-order valence-corrected chi connectivity index (χ1v) is 6.94. The zero-order valence-corrected chi connectivity index (χ0v) is 13.3. The number of carbonyl (C=O) groups excluding carboxylic acids is 1. The molecule has 0 atom stereocenters. The van der Waals surface area contributed by atoms with Gasteiger partial charge in [-0.15, -0.1) is 0 Å². The van der Waals surface area contributed by atoms with Crippen molar-refractivity contribution in [2.75, 3.05) is 18.4 Å². The lowest BCUT2D eigenvalue weighted by Gasteiger charge is -2.10. The molecule has 2 N–H and O–H groups in total. The van der Waals surface area contributed by atoms with Crippen LogP contribution >= 0.6 is 47.8 Å². The molecule has 0 aliphatic rings. The third-order valence-corrected chi connectivity index (χ3v) is 3.51. The predicted molar refractivity (Wildman–Crippen MR) is 76.7 cm³/mol. The van der Waals surface area contributed by atoms with E-state index < -0.39 is 0 Å². The van der Waals surface area contributed by atoms with Crippen molar-refractivity contribution >= 4 is 59.4 Å². The van der Waals surface area contributed by atoms with E-state index in [1.807, 2.05) is 18.2 Å². The van der Waals surface area contributed by atoms with Gasteiger partial charge in [-0.25, -0.2) is 0 Å². The SMILES string of the molecule is N#CCNC(=O)CNc1c(Br)cc(Br)cc1Br. The van der Waals surface area contributed by atoms with Gasteiger partial charge in [-0.3, -0.25) is 4.79 Å². The number of benzene rings is 1. The van der Waals surface area contributed by atoms with Gasteiger partial charge < -0.3 is 10.6 Å². The molecule has 90 valence electrons. The summed E-state index contributed by atoms with van der Waals surface area (Å²) in [6.45, 7) is 0.129. The lowest BCUT2D eigenvalue weighted by atomic mass is 10.3. The Hall–Kier alpha value is -0.580. The maximum atomic E-state index is 11.3. The first-order valence-electron chi connectivity index (χ1n) is 4.56. The molecule has 0 fully saturated rings. The molecular formula is C10H8Br3N3O.